The summed E-state index contributed by atoms with van der Waals surface area (Å²) < 4.78 is 37.9. The molecule has 26 heavy (non-hydrogen) atoms. The lowest BCUT2D eigenvalue weighted by Gasteiger charge is -2.27. The van der Waals surface area contributed by atoms with E-state index in [0.29, 0.717) is 11.7 Å². The Morgan fingerprint density at radius 2 is 1.88 bits per heavy atom. The monoisotopic (exact) mass is 383 g/mol. The van der Waals surface area contributed by atoms with Gasteiger partial charge in [0.05, 0.1) is 5.56 Å². The van der Waals surface area contributed by atoms with Gasteiger partial charge in [0.25, 0.3) is 5.91 Å². The van der Waals surface area contributed by atoms with E-state index in [-0.39, 0.29) is 10.6 Å². The average Bonchev–Trinajstić information content (AvgIpc) is 2.55. The van der Waals surface area contributed by atoms with E-state index in [0.717, 1.165) is 12.2 Å². The summed E-state index contributed by atoms with van der Waals surface area (Å²) in [6.07, 6.45) is 1.23. The fraction of sp³-hybridized carbons (Fsp3) is 0.333. The number of nitrogens with one attached hydrogen (secondary N) is 1. The molecule has 1 amide bonds. The molecule has 1 aromatic heterocycles. The van der Waals surface area contributed by atoms with Crippen LogP contribution < -0.4 is 10.2 Å². The molecule has 0 spiro atoms. The first-order chi connectivity index (χ1) is 12.2. The number of hydrogen-bond acceptors (Lipinski definition) is 4. The van der Waals surface area contributed by atoms with Gasteiger partial charge in [0.1, 0.15) is 5.03 Å². The van der Waals surface area contributed by atoms with Crippen molar-refractivity contribution in [3.8, 4) is 0 Å². The highest BCUT2D eigenvalue weighted by Crippen LogP contribution is 2.37. The SMILES string of the molecule is CCN(c1ccc(NC(=O)c2cccnc2SC(F)(F)F)cc1)C(C)C. The number of nitrogens with zero attached hydrogens (tertiary/aromatic N) is 2. The summed E-state index contributed by atoms with van der Waals surface area (Å²) in [5.41, 5.74) is -3.11. The highest BCUT2D eigenvalue weighted by Gasteiger charge is 2.32. The average molecular weight is 383 g/mol. The lowest BCUT2D eigenvalue weighted by atomic mass is 10.2. The fourth-order valence-corrected chi connectivity index (χ4v) is 3.14. The first-order valence-corrected chi connectivity index (χ1v) is 8.91. The number of hydrogen-bond donors (Lipinski definition) is 1. The molecular formula is C18H20F3N3OS. The van der Waals surface area contributed by atoms with E-state index in [2.05, 4.69) is 36.0 Å². The van der Waals surface area contributed by atoms with E-state index in [9.17, 15) is 18.0 Å². The molecule has 2 aromatic rings. The Kier molecular flexibility index (Phi) is 6.52. The Bertz CT molecular complexity index is 748. The minimum atomic E-state index is -4.51. The van der Waals surface area contributed by atoms with Crippen molar-refractivity contribution in [3.05, 3.63) is 48.2 Å². The maximum atomic E-state index is 12.6. The van der Waals surface area contributed by atoms with E-state index >= 15 is 0 Å². The van der Waals surface area contributed by atoms with Gasteiger partial charge >= 0.3 is 5.51 Å². The Labute approximate surface area is 154 Å². The molecule has 0 atom stereocenters. The van der Waals surface area contributed by atoms with Gasteiger partial charge in [0.15, 0.2) is 0 Å². The molecule has 1 heterocycles. The Hall–Kier alpha value is -2.22. The third kappa shape index (κ3) is 5.39. The van der Waals surface area contributed by atoms with E-state index in [1.807, 2.05) is 12.1 Å². The summed E-state index contributed by atoms with van der Waals surface area (Å²) in [6, 6.07) is 10.3. The number of benzene rings is 1. The molecule has 8 heteroatoms. The molecule has 0 unspecified atom stereocenters. The molecule has 0 saturated heterocycles. The lowest BCUT2D eigenvalue weighted by Crippen LogP contribution is -2.30. The van der Waals surface area contributed by atoms with Crippen molar-refractivity contribution in [3.63, 3.8) is 0 Å². The van der Waals surface area contributed by atoms with E-state index in [1.165, 1.54) is 18.3 Å². The molecule has 0 bridgehead atoms. The molecule has 0 fully saturated rings. The van der Waals surface area contributed by atoms with Crippen LogP contribution in [0.4, 0.5) is 24.5 Å². The van der Waals surface area contributed by atoms with Gasteiger partial charge < -0.3 is 10.2 Å². The van der Waals surface area contributed by atoms with E-state index in [4.69, 9.17) is 0 Å². The largest absolute Gasteiger partial charge is 0.447 e. The molecule has 2 rings (SSSR count). The Balaban J connectivity index is 2.16. The zero-order valence-corrected chi connectivity index (χ0v) is 15.5. The van der Waals surface area contributed by atoms with Gasteiger partial charge in [0, 0.05) is 41.9 Å². The van der Waals surface area contributed by atoms with Gasteiger partial charge in [-0.05, 0) is 57.2 Å². The van der Waals surface area contributed by atoms with Crippen molar-refractivity contribution in [1.82, 2.24) is 4.98 Å². The quantitative estimate of drug-likeness (QED) is 0.698. The number of thioether (sulfide) groups is 1. The number of carbonyl (C=O) groups excluding carboxylic acids is 1. The number of halogens is 3. The summed E-state index contributed by atoms with van der Waals surface area (Å²) >= 11 is -0.400. The maximum absolute atomic E-state index is 12.6. The molecule has 1 N–H and O–H groups in total. The molecule has 0 aliphatic rings. The zero-order valence-electron chi connectivity index (χ0n) is 14.7. The molecule has 4 nitrogen and oxygen atoms in total. The maximum Gasteiger partial charge on any atom is 0.447 e. The Morgan fingerprint density at radius 3 is 2.42 bits per heavy atom. The second kappa shape index (κ2) is 8.44. The standard InChI is InChI=1S/C18H20F3N3OS/c1-4-24(12(2)3)14-9-7-13(8-10-14)23-16(25)15-6-5-11-22-17(15)26-18(19,20)21/h5-12H,4H2,1-3H3,(H,23,25). The second-order valence-electron chi connectivity index (χ2n) is 5.78. The summed E-state index contributed by atoms with van der Waals surface area (Å²) in [5, 5.41) is 2.25. The molecule has 0 radical (unpaired) electrons. The number of amides is 1. The minimum Gasteiger partial charge on any atom is -0.369 e. The van der Waals surface area contributed by atoms with Crippen LogP contribution in [0.5, 0.6) is 0 Å². The Morgan fingerprint density at radius 1 is 1.23 bits per heavy atom. The second-order valence-corrected chi connectivity index (χ2v) is 6.84. The van der Waals surface area contributed by atoms with Crippen LogP contribution in [0, 0.1) is 0 Å². The third-order valence-electron chi connectivity index (χ3n) is 3.65. The van der Waals surface area contributed by atoms with Gasteiger partial charge in [-0.2, -0.15) is 13.2 Å². The molecule has 140 valence electrons. The van der Waals surface area contributed by atoms with Crippen molar-refractivity contribution in [2.75, 3.05) is 16.8 Å². The van der Waals surface area contributed by atoms with Crippen LogP contribution >= 0.6 is 11.8 Å². The van der Waals surface area contributed by atoms with Gasteiger partial charge in [0.2, 0.25) is 0 Å². The first-order valence-electron chi connectivity index (χ1n) is 8.10. The number of pyridine rings is 1. The third-order valence-corrected chi connectivity index (χ3v) is 4.40. The summed E-state index contributed by atoms with van der Waals surface area (Å²) in [4.78, 5) is 18.2. The summed E-state index contributed by atoms with van der Waals surface area (Å²) in [5.74, 6) is -0.631. The van der Waals surface area contributed by atoms with Crippen LogP contribution in [-0.4, -0.2) is 29.0 Å². The van der Waals surface area contributed by atoms with Crippen molar-refractivity contribution in [2.45, 2.75) is 37.3 Å². The highest BCUT2D eigenvalue weighted by molar-refractivity contribution is 8.00. The van der Waals surface area contributed by atoms with Crippen LogP contribution in [0.25, 0.3) is 0 Å². The molecule has 0 saturated carbocycles. The molecular weight excluding hydrogens is 363 g/mol. The molecule has 1 aromatic carbocycles. The van der Waals surface area contributed by atoms with Gasteiger partial charge in [-0.15, -0.1) is 0 Å². The summed E-state index contributed by atoms with van der Waals surface area (Å²) in [6.45, 7) is 7.07. The van der Waals surface area contributed by atoms with Crippen molar-refractivity contribution in [1.29, 1.82) is 0 Å². The van der Waals surface area contributed by atoms with Crippen LogP contribution in [0.3, 0.4) is 0 Å². The topological polar surface area (TPSA) is 45.2 Å². The minimum absolute atomic E-state index is 0.115. The van der Waals surface area contributed by atoms with Crippen molar-refractivity contribution in [2.24, 2.45) is 0 Å². The summed E-state index contributed by atoms with van der Waals surface area (Å²) in [7, 11) is 0. The van der Waals surface area contributed by atoms with E-state index in [1.54, 1.807) is 12.1 Å². The predicted octanol–water partition coefficient (Wildman–Crippen LogP) is 5.18. The van der Waals surface area contributed by atoms with Gasteiger partial charge in [-0.3, -0.25) is 4.79 Å². The van der Waals surface area contributed by atoms with Crippen molar-refractivity contribution >= 4 is 29.0 Å². The van der Waals surface area contributed by atoms with Gasteiger partial charge in [-0.25, -0.2) is 4.98 Å². The smallest absolute Gasteiger partial charge is 0.369 e. The molecule has 0 aliphatic heterocycles. The highest BCUT2D eigenvalue weighted by atomic mass is 32.2. The zero-order chi connectivity index (χ0) is 19.3. The fourth-order valence-electron chi connectivity index (χ4n) is 2.54. The van der Waals surface area contributed by atoms with Crippen LogP contribution in [0.15, 0.2) is 47.6 Å². The lowest BCUT2D eigenvalue weighted by molar-refractivity contribution is -0.0329. The van der Waals surface area contributed by atoms with Crippen LogP contribution in [0.2, 0.25) is 0 Å². The number of aromatic nitrogens is 1. The van der Waals surface area contributed by atoms with Crippen molar-refractivity contribution < 1.29 is 18.0 Å². The number of alkyl halides is 3. The number of rotatable bonds is 6. The number of carbonyl (C=O) groups is 1. The van der Waals surface area contributed by atoms with Crippen LogP contribution in [-0.2, 0) is 0 Å². The molecule has 0 aliphatic carbocycles. The van der Waals surface area contributed by atoms with E-state index < -0.39 is 23.2 Å². The number of anilines is 2. The van der Waals surface area contributed by atoms with Crippen LogP contribution in [0.1, 0.15) is 31.1 Å². The predicted molar refractivity (Wildman–Crippen MR) is 98.7 cm³/mol. The van der Waals surface area contributed by atoms with Gasteiger partial charge in [-0.1, -0.05) is 0 Å². The first kappa shape index (κ1) is 20.1. The normalized spacial score (nSPS) is 11.5.